The average molecular weight is 322 g/mol. The van der Waals surface area contributed by atoms with Crippen LogP contribution in [0, 0.1) is 0 Å². The minimum absolute atomic E-state index is 0.0160. The Morgan fingerprint density at radius 3 is 1.35 bits per heavy atom. The van der Waals surface area contributed by atoms with Gasteiger partial charge in [0, 0.05) is 12.8 Å². The first-order valence-corrected chi connectivity index (χ1v) is 10.6. The average Bonchev–Trinajstić information content (AvgIpc) is 2.41. The summed E-state index contributed by atoms with van der Waals surface area (Å²) < 4.78 is 47.9. The third-order valence-electron chi connectivity index (χ3n) is 3.30. The van der Waals surface area contributed by atoms with E-state index in [-0.39, 0.29) is 12.8 Å². The molecule has 1 aromatic rings. The number of hydrogen-bond donors (Lipinski definition) is 0. The maximum atomic E-state index is 12.0. The van der Waals surface area contributed by atoms with Gasteiger partial charge in [-0.05, 0) is 0 Å². The summed E-state index contributed by atoms with van der Waals surface area (Å²) in [5.41, 5.74) is 0. The molecule has 0 aliphatic heterocycles. The van der Waals surface area contributed by atoms with E-state index in [0.29, 0.717) is 12.8 Å². The van der Waals surface area contributed by atoms with E-state index in [4.69, 9.17) is 0 Å². The van der Waals surface area contributed by atoms with Crippen molar-refractivity contribution in [1.29, 1.82) is 0 Å². The van der Waals surface area contributed by atoms with Crippen molar-refractivity contribution in [2.75, 3.05) is 0 Å². The normalized spacial score (nSPS) is 12.7. The van der Waals surface area contributed by atoms with Gasteiger partial charge in [0.15, 0.2) is 0 Å². The van der Waals surface area contributed by atoms with E-state index in [1.807, 2.05) is 0 Å². The zero-order valence-electron chi connectivity index (χ0n) is 11.6. The summed E-state index contributed by atoms with van der Waals surface area (Å²) in [7, 11) is -0.844. The minimum atomic E-state index is -2.18. The van der Waals surface area contributed by atoms with Gasteiger partial charge in [-0.15, -0.1) is 0 Å². The van der Waals surface area contributed by atoms with Crippen LogP contribution in [0.25, 0.3) is 0 Å². The first-order chi connectivity index (χ1) is 9.58. The standard InChI is InChI=1S/C14H22F4Si2/c15-13(16)3-1-9-19-11-5-7-12(8-6-11)20-10-2-4-14(17)18/h5-8,13-14H,1-4,9-10,19-20H2. The molecule has 0 amide bonds. The largest absolute Gasteiger partial charge is 0.238 e. The Morgan fingerprint density at radius 2 is 1.05 bits per heavy atom. The summed E-state index contributed by atoms with van der Waals surface area (Å²) in [5, 5.41) is 2.62. The van der Waals surface area contributed by atoms with Crippen LogP contribution < -0.4 is 10.4 Å². The fourth-order valence-corrected chi connectivity index (χ4v) is 5.16. The van der Waals surface area contributed by atoms with Gasteiger partial charge in [0.1, 0.15) is 0 Å². The summed E-state index contributed by atoms with van der Waals surface area (Å²) in [6, 6.07) is 10.3. The molecule has 0 spiro atoms. The van der Waals surface area contributed by atoms with Crippen LogP contribution >= 0.6 is 0 Å². The van der Waals surface area contributed by atoms with Crippen molar-refractivity contribution in [1.82, 2.24) is 0 Å². The highest BCUT2D eigenvalue weighted by Gasteiger charge is 2.03. The first kappa shape index (κ1) is 17.4. The molecule has 0 bridgehead atoms. The topological polar surface area (TPSA) is 0 Å². The van der Waals surface area contributed by atoms with Gasteiger partial charge < -0.3 is 0 Å². The van der Waals surface area contributed by atoms with E-state index >= 15 is 0 Å². The molecule has 0 aliphatic carbocycles. The second kappa shape index (κ2) is 10.2. The van der Waals surface area contributed by atoms with Crippen molar-refractivity contribution in [2.24, 2.45) is 0 Å². The molecule has 0 aliphatic rings. The summed E-state index contributed by atoms with van der Waals surface area (Å²) >= 11 is 0. The van der Waals surface area contributed by atoms with E-state index < -0.39 is 31.9 Å². The van der Waals surface area contributed by atoms with Crippen LogP contribution in [0.15, 0.2) is 24.3 Å². The highest BCUT2D eigenvalue weighted by Crippen LogP contribution is 2.06. The fourth-order valence-electron chi connectivity index (χ4n) is 2.13. The van der Waals surface area contributed by atoms with E-state index in [1.54, 1.807) is 0 Å². The SMILES string of the molecule is FC(F)CCC[SiH2]c1ccc([SiH2]CCCC(F)F)cc1. The lowest BCUT2D eigenvalue weighted by molar-refractivity contribution is 0.136. The molecule has 0 N–H and O–H groups in total. The molecule has 6 heteroatoms. The first-order valence-electron chi connectivity index (χ1n) is 7.22. The second-order valence-corrected chi connectivity index (χ2v) is 9.14. The van der Waals surface area contributed by atoms with Gasteiger partial charge >= 0.3 is 0 Å². The molecule has 114 valence electrons. The molecule has 1 rings (SSSR count). The van der Waals surface area contributed by atoms with Crippen LogP contribution in [0.2, 0.25) is 12.1 Å². The van der Waals surface area contributed by atoms with Crippen molar-refractivity contribution in [2.45, 2.75) is 50.6 Å². The predicted octanol–water partition coefficient (Wildman–Crippen LogP) is 2.20. The maximum Gasteiger partial charge on any atom is 0.238 e. The Kier molecular flexibility index (Phi) is 8.84. The lowest BCUT2D eigenvalue weighted by Crippen LogP contribution is -2.20. The van der Waals surface area contributed by atoms with Crippen molar-refractivity contribution < 1.29 is 17.6 Å². The second-order valence-electron chi connectivity index (χ2n) is 5.09. The van der Waals surface area contributed by atoms with Crippen LogP contribution in [0.1, 0.15) is 25.7 Å². The van der Waals surface area contributed by atoms with Crippen molar-refractivity contribution in [3.05, 3.63) is 24.3 Å². The van der Waals surface area contributed by atoms with Gasteiger partial charge in [0.25, 0.3) is 0 Å². The zero-order chi connectivity index (χ0) is 14.8. The van der Waals surface area contributed by atoms with E-state index in [0.717, 1.165) is 12.1 Å². The zero-order valence-corrected chi connectivity index (χ0v) is 14.5. The molecule has 0 fully saturated rings. The molecule has 0 atom stereocenters. The van der Waals surface area contributed by atoms with Gasteiger partial charge in [-0.3, -0.25) is 0 Å². The van der Waals surface area contributed by atoms with Gasteiger partial charge in [-0.25, -0.2) is 17.6 Å². The Labute approximate surface area is 122 Å². The lowest BCUT2D eigenvalue weighted by atomic mass is 10.3. The number of benzene rings is 1. The number of rotatable bonds is 10. The molecule has 0 nitrogen and oxygen atoms in total. The molecule has 0 saturated carbocycles. The van der Waals surface area contributed by atoms with Crippen LogP contribution in [0.4, 0.5) is 17.6 Å². The molecule has 0 saturated heterocycles. The van der Waals surface area contributed by atoms with Gasteiger partial charge in [-0.2, -0.15) is 0 Å². The molecule has 1 aromatic carbocycles. The lowest BCUT2D eigenvalue weighted by Gasteiger charge is -2.04. The highest BCUT2D eigenvalue weighted by atomic mass is 28.2. The quantitative estimate of drug-likeness (QED) is 0.352. The molecule has 0 aromatic heterocycles. The van der Waals surface area contributed by atoms with Crippen LogP contribution in [0.3, 0.4) is 0 Å². The Bertz CT molecular complexity index is 320. The third kappa shape index (κ3) is 8.53. The Hall–Kier alpha value is -0.626. The smallest absolute Gasteiger partial charge is 0.211 e. The monoisotopic (exact) mass is 322 g/mol. The Morgan fingerprint density at radius 1 is 0.700 bits per heavy atom. The minimum Gasteiger partial charge on any atom is -0.211 e. The summed E-state index contributed by atoms with van der Waals surface area (Å²) in [5.74, 6) is 0. The third-order valence-corrected chi connectivity index (χ3v) is 7.10. The van der Waals surface area contributed by atoms with E-state index in [1.165, 1.54) is 10.4 Å². The van der Waals surface area contributed by atoms with Gasteiger partial charge in [0.2, 0.25) is 12.9 Å². The number of hydrogen-bond acceptors (Lipinski definition) is 0. The summed E-state index contributed by atoms with van der Waals surface area (Å²) in [6.07, 6.45) is -3.08. The van der Waals surface area contributed by atoms with Crippen LogP contribution in [0.5, 0.6) is 0 Å². The van der Waals surface area contributed by atoms with E-state index in [9.17, 15) is 17.6 Å². The summed E-state index contributed by atoms with van der Waals surface area (Å²) in [6.45, 7) is 0. The van der Waals surface area contributed by atoms with E-state index in [2.05, 4.69) is 24.3 Å². The predicted molar refractivity (Wildman–Crippen MR) is 82.9 cm³/mol. The molecular formula is C14H22F4Si2. The molecule has 0 radical (unpaired) electrons. The van der Waals surface area contributed by atoms with Crippen molar-refractivity contribution in [3.63, 3.8) is 0 Å². The Balaban J connectivity index is 2.19. The van der Waals surface area contributed by atoms with Gasteiger partial charge in [-0.1, -0.05) is 59.6 Å². The fraction of sp³-hybridized carbons (Fsp3) is 0.571. The van der Waals surface area contributed by atoms with Crippen LogP contribution in [-0.4, -0.2) is 31.9 Å². The highest BCUT2D eigenvalue weighted by molar-refractivity contribution is 6.55. The van der Waals surface area contributed by atoms with Gasteiger partial charge in [0.05, 0.1) is 19.0 Å². The molecule has 20 heavy (non-hydrogen) atoms. The maximum absolute atomic E-state index is 12.0. The number of alkyl halides is 4. The molecule has 0 unspecified atom stereocenters. The summed E-state index contributed by atoms with van der Waals surface area (Å²) in [4.78, 5) is 0. The van der Waals surface area contributed by atoms with Crippen molar-refractivity contribution in [3.8, 4) is 0 Å². The number of halogens is 4. The molecule has 0 heterocycles. The van der Waals surface area contributed by atoms with Crippen molar-refractivity contribution >= 4 is 29.4 Å². The van der Waals surface area contributed by atoms with Crippen LogP contribution in [-0.2, 0) is 0 Å². The molecular weight excluding hydrogens is 300 g/mol.